The zero-order valence-corrected chi connectivity index (χ0v) is 5.50. The van der Waals surface area contributed by atoms with Crippen LogP contribution in [0, 0.1) is 0 Å². The Morgan fingerprint density at radius 3 is 2.12 bits per heavy atom. The Balaban J connectivity index is 2.55. The number of likely N-dealkylation sites (N-methyl/N-ethyl adjacent to an activating group) is 1. The Labute approximate surface area is 49.4 Å². The van der Waals surface area contributed by atoms with Gasteiger partial charge in [0.05, 0.1) is 12.1 Å². The quantitative estimate of drug-likeness (QED) is 0.462. The maximum Gasteiger partial charge on any atom is 0.0918 e. The summed E-state index contributed by atoms with van der Waals surface area (Å²) < 4.78 is 0. The van der Waals surface area contributed by atoms with Crippen LogP contribution >= 0.6 is 0 Å². The molecule has 8 heavy (non-hydrogen) atoms. The highest BCUT2D eigenvalue weighted by Crippen LogP contribution is 2.13. The molecule has 0 fully saturated rings. The Morgan fingerprint density at radius 1 is 1.38 bits per heavy atom. The van der Waals surface area contributed by atoms with E-state index in [0.29, 0.717) is 12.1 Å². The average Bonchev–Trinajstić information content (AvgIpc) is 1.98. The lowest BCUT2D eigenvalue weighted by atomic mass is 10.2. The molecule has 0 saturated carbocycles. The molecule has 2 atom stereocenters. The lowest BCUT2D eigenvalue weighted by Crippen LogP contribution is -2.26. The van der Waals surface area contributed by atoms with E-state index >= 15 is 0 Å². The molecule has 1 heterocycles. The molecule has 0 saturated heterocycles. The third kappa shape index (κ3) is 0.680. The van der Waals surface area contributed by atoms with E-state index in [-0.39, 0.29) is 0 Å². The molecule has 0 N–H and O–H groups in total. The van der Waals surface area contributed by atoms with E-state index in [2.05, 4.69) is 24.2 Å². The highest BCUT2D eigenvalue weighted by molar-refractivity contribution is 4.75. The van der Waals surface area contributed by atoms with Gasteiger partial charge < -0.3 is 0 Å². The van der Waals surface area contributed by atoms with E-state index in [9.17, 15) is 0 Å². The molecule has 1 aliphatic rings. The first kappa shape index (κ1) is 5.54. The molecule has 3 heteroatoms. The highest BCUT2D eigenvalue weighted by Gasteiger charge is 2.20. The lowest BCUT2D eigenvalue weighted by molar-refractivity contribution is 0.292. The predicted octanol–water partition coefficient (Wildman–Crippen LogP) is 1.08. The molecule has 3 nitrogen and oxygen atoms in total. The van der Waals surface area contributed by atoms with Gasteiger partial charge in [-0.25, -0.2) is 0 Å². The molecule has 0 aliphatic carbocycles. The van der Waals surface area contributed by atoms with Crippen LogP contribution in [0.3, 0.4) is 0 Å². The fraction of sp³-hybridized carbons (Fsp3) is 1.00. The third-order valence-corrected chi connectivity index (χ3v) is 1.66. The molecule has 0 aromatic carbocycles. The molecule has 0 aromatic rings. The van der Waals surface area contributed by atoms with E-state index in [1.54, 1.807) is 0 Å². The summed E-state index contributed by atoms with van der Waals surface area (Å²) in [5, 5.41) is 9.69. The van der Waals surface area contributed by atoms with Gasteiger partial charge in [0.25, 0.3) is 0 Å². The summed E-state index contributed by atoms with van der Waals surface area (Å²) in [4.78, 5) is 0. The molecule has 1 aliphatic heterocycles. The van der Waals surface area contributed by atoms with Gasteiger partial charge in [-0.2, -0.15) is 5.11 Å². The predicted molar refractivity (Wildman–Crippen MR) is 31.5 cm³/mol. The number of rotatable bonds is 0. The normalized spacial score (nSPS) is 36.6. The highest BCUT2D eigenvalue weighted by atomic mass is 15.6. The van der Waals surface area contributed by atoms with Crippen molar-refractivity contribution < 1.29 is 0 Å². The van der Waals surface area contributed by atoms with Crippen LogP contribution in [0.5, 0.6) is 0 Å². The van der Waals surface area contributed by atoms with Crippen molar-refractivity contribution in [3.05, 3.63) is 0 Å². The Hall–Kier alpha value is -0.600. The topological polar surface area (TPSA) is 28.0 Å². The molecule has 0 radical (unpaired) electrons. The number of nitrogens with zero attached hydrogens (tertiary/aromatic N) is 3. The van der Waals surface area contributed by atoms with E-state index in [1.165, 1.54) is 0 Å². The Morgan fingerprint density at radius 2 is 2.00 bits per heavy atom. The van der Waals surface area contributed by atoms with Crippen LogP contribution in [0.4, 0.5) is 0 Å². The van der Waals surface area contributed by atoms with Crippen LogP contribution in [0.25, 0.3) is 0 Å². The van der Waals surface area contributed by atoms with Crippen LogP contribution in [-0.4, -0.2) is 24.1 Å². The van der Waals surface area contributed by atoms with Crippen LogP contribution in [0.1, 0.15) is 13.8 Å². The van der Waals surface area contributed by atoms with Crippen molar-refractivity contribution >= 4 is 0 Å². The monoisotopic (exact) mass is 113 g/mol. The molecule has 0 bridgehead atoms. The third-order valence-electron chi connectivity index (χ3n) is 1.66. The summed E-state index contributed by atoms with van der Waals surface area (Å²) in [5.74, 6) is 0. The fourth-order valence-corrected chi connectivity index (χ4v) is 0.653. The SMILES string of the molecule is C[C@@H]1N=NN(C)[C@@H]1C. The summed E-state index contributed by atoms with van der Waals surface area (Å²) >= 11 is 0. The zero-order valence-electron chi connectivity index (χ0n) is 5.50. The number of hydrogen-bond acceptors (Lipinski definition) is 3. The van der Waals surface area contributed by atoms with Gasteiger partial charge in [0, 0.05) is 7.05 Å². The maximum absolute atomic E-state index is 3.95. The molecular weight excluding hydrogens is 102 g/mol. The van der Waals surface area contributed by atoms with Gasteiger partial charge in [-0.1, -0.05) is 5.22 Å². The van der Waals surface area contributed by atoms with Crippen molar-refractivity contribution in [1.82, 2.24) is 5.01 Å². The molecular formula is C5H11N3. The molecule has 0 amide bonds. The maximum atomic E-state index is 3.95. The first-order chi connectivity index (χ1) is 3.72. The van der Waals surface area contributed by atoms with Gasteiger partial charge in [0.2, 0.25) is 0 Å². The van der Waals surface area contributed by atoms with Gasteiger partial charge in [0.1, 0.15) is 0 Å². The second kappa shape index (κ2) is 1.73. The van der Waals surface area contributed by atoms with Crippen LogP contribution < -0.4 is 0 Å². The van der Waals surface area contributed by atoms with Crippen molar-refractivity contribution in [2.24, 2.45) is 10.3 Å². The van der Waals surface area contributed by atoms with Crippen LogP contribution in [0.15, 0.2) is 10.3 Å². The smallest absolute Gasteiger partial charge is 0.0918 e. The van der Waals surface area contributed by atoms with Crippen LogP contribution in [-0.2, 0) is 0 Å². The summed E-state index contributed by atoms with van der Waals surface area (Å²) in [5.41, 5.74) is 0. The van der Waals surface area contributed by atoms with E-state index in [1.807, 2.05) is 12.1 Å². The van der Waals surface area contributed by atoms with Crippen molar-refractivity contribution in [2.45, 2.75) is 25.9 Å². The van der Waals surface area contributed by atoms with Crippen molar-refractivity contribution in [2.75, 3.05) is 7.05 Å². The summed E-state index contributed by atoms with van der Waals surface area (Å²) in [6.45, 7) is 4.18. The van der Waals surface area contributed by atoms with Crippen molar-refractivity contribution in [1.29, 1.82) is 0 Å². The summed E-state index contributed by atoms with van der Waals surface area (Å²) in [6.07, 6.45) is 0. The standard InChI is InChI=1S/C5H11N3/c1-4-5(2)8(3)7-6-4/h4-5H,1-3H3/t4-,5+/m0/s1. The van der Waals surface area contributed by atoms with Crippen LogP contribution in [0.2, 0.25) is 0 Å². The largest absolute Gasteiger partial charge is 0.277 e. The zero-order chi connectivity index (χ0) is 6.15. The minimum absolute atomic E-state index is 0.375. The molecule has 1 rings (SSSR count). The Kier molecular flexibility index (Phi) is 1.19. The van der Waals surface area contributed by atoms with E-state index < -0.39 is 0 Å². The van der Waals surface area contributed by atoms with E-state index in [0.717, 1.165) is 0 Å². The second-order valence-electron chi connectivity index (χ2n) is 2.26. The van der Waals surface area contributed by atoms with Gasteiger partial charge in [-0.05, 0) is 13.8 Å². The Bertz CT molecular complexity index is 98.2. The second-order valence-corrected chi connectivity index (χ2v) is 2.26. The van der Waals surface area contributed by atoms with Gasteiger partial charge in [-0.3, -0.25) is 5.01 Å². The van der Waals surface area contributed by atoms with Gasteiger partial charge >= 0.3 is 0 Å². The van der Waals surface area contributed by atoms with Crippen molar-refractivity contribution in [3.8, 4) is 0 Å². The molecule has 0 spiro atoms. The number of hydrogen-bond donors (Lipinski definition) is 0. The first-order valence-electron chi connectivity index (χ1n) is 2.85. The van der Waals surface area contributed by atoms with Gasteiger partial charge in [0.15, 0.2) is 0 Å². The minimum atomic E-state index is 0.375. The summed E-state index contributed by atoms with van der Waals surface area (Å²) in [7, 11) is 1.94. The minimum Gasteiger partial charge on any atom is -0.277 e. The fourth-order valence-electron chi connectivity index (χ4n) is 0.653. The molecule has 0 aromatic heterocycles. The lowest BCUT2D eigenvalue weighted by Gasteiger charge is -2.13. The first-order valence-corrected chi connectivity index (χ1v) is 2.85. The van der Waals surface area contributed by atoms with E-state index in [4.69, 9.17) is 0 Å². The molecule has 0 unspecified atom stereocenters. The van der Waals surface area contributed by atoms with Crippen molar-refractivity contribution in [3.63, 3.8) is 0 Å². The molecule has 46 valence electrons. The van der Waals surface area contributed by atoms with Gasteiger partial charge in [-0.15, -0.1) is 0 Å². The average molecular weight is 113 g/mol. The summed E-state index contributed by atoms with van der Waals surface area (Å²) in [6, 6.07) is 0.856.